The van der Waals surface area contributed by atoms with Crippen molar-refractivity contribution in [3.63, 3.8) is 0 Å². The van der Waals surface area contributed by atoms with Crippen LogP contribution in [0.3, 0.4) is 0 Å². The lowest BCUT2D eigenvalue weighted by atomic mass is 9.87. The summed E-state index contributed by atoms with van der Waals surface area (Å²) in [5, 5.41) is 8.85. The van der Waals surface area contributed by atoms with Crippen molar-refractivity contribution >= 4 is 11.6 Å². The molecule has 0 spiro atoms. The minimum absolute atomic E-state index is 0.192. The first-order valence-electron chi connectivity index (χ1n) is 6.90. The number of nitrogens with zero attached hydrogens (tertiary/aromatic N) is 2. The molecule has 0 aliphatic rings. The van der Waals surface area contributed by atoms with Crippen molar-refractivity contribution in [1.29, 1.82) is 0 Å². The third kappa shape index (κ3) is 3.72. The quantitative estimate of drug-likeness (QED) is 0.825. The van der Waals surface area contributed by atoms with Gasteiger partial charge < -0.3 is 5.32 Å². The Morgan fingerprint density at radius 2 is 1.94 bits per heavy atom. The van der Waals surface area contributed by atoms with E-state index in [1.54, 1.807) is 0 Å². The molecule has 1 aromatic rings. The van der Waals surface area contributed by atoms with Gasteiger partial charge in [0.15, 0.2) is 0 Å². The first-order chi connectivity index (χ1) is 8.45. The molecule has 1 N–H and O–H groups in total. The number of aryl methyl sites for hydroxylation is 2. The zero-order valence-electron chi connectivity index (χ0n) is 12.3. The summed E-state index contributed by atoms with van der Waals surface area (Å²) in [4.78, 5) is 0. The lowest BCUT2D eigenvalue weighted by Crippen LogP contribution is -2.31. The van der Waals surface area contributed by atoms with Crippen molar-refractivity contribution in [2.75, 3.05) is 13.1 Å². The maximum absolute atomic E-state index is 6.44. The van der Waals surface area contributed by atoms with Crippen LogP contribution in [-0.2, 0) is 19.4 Å². The molecule has 0 radical (unpaired) electrons. The van der Waals surface area contributed by atoms with Crippen molar-refractivity contribution in [2.24, 2.45) is 5.41 Å². The molecule has 0 amide bonds. The second-order valence-electron chi connectivity index (χ2n) is 5.50. The fourth-order valence-electron chi connectivity index (χ4n) is 2.17. The van der Waals surface area contributed by atoms with Crippen LogP contribution in [0.2, 0.25) is 5.02 Å². The molecule has 1 heterocycles. The molecular weight excluding hydrogens is 246 g/mol. The highest BCUT2D eigenvalue weighted by molar-refractivity contribution is 6.31. The Morgan fingerprint density at radius 1 is 1.28 bits per heavy atom. The van der Waals surface area contributed by atoms with Crippen molar-refractivity contribution in [3.8, 4) is 0 Å². The fourth-order valence-corrected chi connectivity index (χ4v) is 2.50. The summed E-state index contributed by atoms with van der Waals surface area (Å²) in [6.07, 6.45) is 1.85. The van der Waals surface area contributed by atoms with Crippen LogP contribution < -0.4 is 5.32 Å². The molecule has 104 valence electrons. The topological polar surface area (TPSA) is 29.9 Å². The molecule has 0 unspecified atom stereocenters. The molecule has 0 aliphatic carbocycles. The molecule has 0 bridgehead atoms. The molecule has 0 atom stereocenters. The highest BCUT2D eigenvalue weighted by Gasteiger charge is 2.23. The van der Waals surface area contributed by atoms with Crippen LogP contribution >= 0.6 is 11.6 Å². The van der Waals surface area contributed by atoms with Crippen molar-refractivity contribution < 1.29 is 0 Å². The van der Waals surface area contributed by atoms with Crippen LogP contribution in [0, 0.1) is 5.41 Å². The van der Waals surface area contributed by atoms with Crippen LogP contribution in [0.5, 0.6) is 0 Å². The molecule has 0 fully saturated rings. The van der Waals surface area contributed by atoms with E-state index in [0.717, 1.165) is 43.2 Å². The molecule has 0 saturated heterocycles. The SMILES string of the molecule is CCNCC(C)(C)Cc1c(Cl)c(CC)nn1CC. The van der Waals surface area contributed by atoms with E-state index in [0.29, 0.717) is 0 Å². The maximum Gasteiger partial charge on any atom is 0.0850 e. The van der Waals surface area contributed by atoms with Gasteiger partial charge in [-0.25, -0.2) is 0 Å². The average Bonchev–Trinajstić information content (AvgIpc) is 2.63. The molecule has 0 aromatic carbocycles. The van der Waals surface area contributed by atoms with Gasteiger partial charge in [0, 0.05) is 13.1 Å². The molecule has 18 heavy (non-hydrogen) atoms. The van der Waals surface area contributed by atoms with Gasteiger partial charge in [0.25, 0.3) is 0 Å². The third-order valence-corrected chi connectivity index (χ3v) is 3.63. The molecular formula is C14H26ClN3. The van der Waals surface area contributed by atoms with Gasteiger partial charge in [0.05, 0.1) is 16.4 Å². The van der Waals surface area contributed by atoms with Gasteiger partial charge in [0.1, 0.15) is 0 Å². The summed E-state index contributed by atoms with van der Waals surface area (Å²) in [5.74, 6) is 0. The average molecular weight is 272 g/mol. The van der Waals surface area contributed by atoms with E-state index >= 15 is 0 Å². The smallest absolute Gasteiger partial charge is 0.0850 e. The number of aromatic nitrogens is 2. The third-order valence-electron chi connectivity index (χ3n) is 3.19. The highest BCUT2D eigenvalue weighted by atomic mass is 35.5. The van der Waals surface area contributed by atoms with Crippen molar-refractivity contribution in [2.45, 2.75) is 54.0 Å². The second-order valence-corrected chi connectivity index (χ2v) is 5.88. The van der Waals surface area contributed by atoms with Crippen molar-refractivity contribution in [1.82, 2.24) is 15.1 Å². The van der Waals surface area contributed by atoms with Crippen LogP contribution in [0.15, 0.2) is 0 Å². The Balaban J connectivity index is 2.91. The normalized spacial score (nSPS) is 12.1. The molecule has 3 nitrogen and oxygen atoms in total. The number of rotatable bonds is 7. The van der Waals surface area contributed by atoms with Gasteiger partial charge in [-0.3, -0.25) is 4.68 Å². The summed E-state index contributed by atoms with van der Waals surface area (Å²) in [5.41, 5.74) is 2.39. The standard InChI is InChI=1S/C14H26ClN3/c1-6-11-13(15)12(18(8-3)17-11)9-14(4,5)10-16-7-2/h16H,6-10H2,1-5H3. The van der Waals surface area contributed by atoms with Gasteiger partial charge >= 0.3 is 0 Å². The predicted octanol–water partition coefficient (Wildman–Crippen LogP) is 3.30. The lowest BCUT2D eigenvalue weighted by molar-refractivity contribution is 0.332. The predicted molar refractivity (Wildman–Crippen MR) is 78.3 cm³/mol. The first-order valence-corrected chi connectivity index (χ1v) is 7.27. The van der Waals surface area contributed by atoms with E-state index in [2.05, 4.69) is 49.7 Å². The fraction of sp³-hybridized carbons (Fsp3) is 0.786. The summed E-state index contributed by atoms with van der Waals surface area (Å²) in [6, 6.07) is 0. The number of halogens is 1. The second kappa shape index (κ2) is 6.58. The van der Waals surface area contributed by atoms with E-state index < -0.39 is 0 Å². The van der Waals surface area contributed by atoms with Crippen LogP contribution in [0.1, 0.15) is 46.0 Å². The Morgan fingerprint density at radius 3 is 2.44 bits per heavy atom. The van der Waals surface area contributed by atoms with Crippen LogP contribution in [0.4, 0.5) is 0 Å². The molecule has 1 aromatic heterocycles. The molecule has 4 heteroatoms. The van der Waals surface area contributed by atoms with E-state index in [9.17, 15) is 0 Å². The monoisotopic (exact) mass is 271 g/mol. The van der Waals surface area contributed by atoms with E-state index in [4.69, 9.17) is 11.6 Å². The number of hydrogen-bond donors (Lipinski definition) is 1. The zero-order chi connectivity index (χ0) is 13.8. The Labute approximate surface area is 116 Å². The molecule has 1 rings (SSSR count). The number of hydrogen-bond acceptors (Lipinski definition) is 2. The lowest BCUT2D eigenvalue weighted by Gasteiger charge is -2.25. The van der Waals surface area contributed by atoms with Gasteiger partial charge in [-0.15, -0.1) is 0 Å². The highest BCUT2D eigenvalue weighted by Crippen LogP contribution is 2.28. The number of nitrogens with one attached hydrogen (secondary N) is 1. The maximum atomic E-state index is 6.44. The minimum atomic E-state index is 0.192. The van der Waals surface area contributed by atoms with E-state index in [1.807, 2.05) is 0 Å². The summed E-state index contributed by atoms with van der Waals surface area (Å²) >= 11 is 6.44. The molecule has 0 saturated carbocycles. The van der Waals surface area contributed by atoms with Gasteiger partial charge in [-0.1, -0.05) is 39.3 Å². The van der Waals surface area contributed by atoms with Gasteiger partial charge in [-0.2, -0.15) is 5.10 Å². The Kier molecular flexibility index (Phi) is 5.67. The van der Waals surface area contributed by atoms with Crippen LogP contribution in [-0.4, -0.2) is 22.9 Å². The Bertz CT molecular complexity index is 383. The van der Waals surface area contributed by atoms with Gasteiger partial charge in [0.2, 0.25) is 0 Å². The summed E-state index contributed by atoms with van der Waals surface area (Å²) in [7, 11) is 0. The van der Waals surface area contributed by atoms with Gasteiger partial charge in [-0.05, 0) is 31.7 Å². The first kappa shape index (κ1) is 15.5. The molecule has 0 aliphatic heterocycles. The van der Waals surface area contributed by atoms with E-state index in [1.165, 1.54) is 5.69 Å². The Hall–Kier alpha value is -0.540. The summed E-state index contributed by atoms with van der Waals surface area (Å²) in [6.45, 7) is 13.8. The van der Waals surface area contributed by atoms with Crippen molar-refractivity contribution in [3.05, 3.63) is 16.4 Å². The minimum Gasteiger partial charge on any atom is -0.316 e. The van der Waals surface area contributed by atoms with Crippen LogP contribution in [0.25, 0.3) is 0 Å². The van der Waals surface area contributed by atoms with E-state index in [-0.39, 0.29) is 5.41 Å². The largest absolute Gasteiger partial charge is 0.316 e. The summed E-state index contributed by atoms with van der Waals surface area (Å²) < 4.78 is 2.05. The zero-order valence-corrected chi connectivity index (χ0v) is 13.1.